The zero-order valence-electron chi connectivity index (χ0n) is 59.7. The maximum Gasteiger partial charge on any atom is 0.253 e. The topological polar surface area (TPSA) is 157 Å². The monoisotopic (exact) mass is 1270 g/mol. The highest BCUT2D eigenvalue weighted by atomic mass is 16.2. The third-order valence-electron chi connectivity index (χ3n) is 21.1. The number of benzene rings is 1. The predicted molar refractivity (Wildman–Crippen MR) is 380 cm³/mol. The third-order valence-corrected chi connectivity index (χ3v) is 21.1. The van der Waals surface area contributed by atoms with Crippen molar-refractivity contribution in [1.29, 1.82) is 0 Å². The smallest absolute Gasteiger partial charge is 0.253 e. The van der Waals surface area contributed by atoms with Crippen LogP contribution in [0.1, 0.15) is 370 Å². The van der Waals surface area contributed by atoms with Gasteiger partial charge >= 0.3 is 0 Å². The van der Waals surface area contributed by atoms with E-state index in [1.54, 1.807) is 34.1 Å². The summed E-state index contributed by atoms with van der Waals surface area (Å²) >= 11 is 0. The minimum absolute atomic E-state index is 0.00613. The van der Waals surface area contributed by atoms with Gasteiger partial charge in [0.15, 0.2) is 0 Å². The van der Waals surface area contributed by atoms with Crippen molar-refractivity contribution in [1.82, 2.24) is 31.1 Å². The van der Waals surface area contributed by atoms with Crippen LogP contribution in [0.2, 0.25) is 0 Å². The fourth-order valence-corrected chi connectivity index (χ4v) is 14.8. The molecule has 1 spiro atoms. The molecule has 3 aliphatic rings. The zero-order chi connectivity index (χ0) is 65.5. The van der Waals surface area contributed by atoms with Crippen LogP contribution in [0.25, 0.3) is 0 Å². The molecule has 522 valence electrons. The Kier molecular flexibility index (Phi) is 43.3. The third kappa shape index (κ3) is 31.4. The first-order valence-electron chi connectivity index (χ1n) is 39.3. The van der Waals surface area contributed by atoms with Crippen molar-refractivity contribution < 1.29 is 28.8 Å². The first-order chi connectivity index (χ1) is 44.5. The molecule has 1 unspecified atom stereocenters. The number of nitrogens with zero attached hydrogens (tertiary/aromatic N) is 2. The molecule has 6 amide bonds. The van der Waals surface area contributed by atoms with Gasteiger partial charge in [-0.3, -0.25) is 28.8 Å². The molecule has 1 aromatic carbocycles. The second-order valence-corrected chi connectivity index (χ2v) is 29.1. The van der Waals surface area contributed by atoms with Gasteiger partial charge in [0.1, 0.15) is 0 Å². The molecule has 0 aromatic heterocycles. The lowest BCUT2D eigenvalue weighted by atomic mass is 9.78. The van der Waals surface area contributed by atoms with Gasteiger partial charge in [-0.05, 0) is 63.3 Å². The van der Waals surface area contributed by atoms with Crippen molar-refractivity contribution in [3.05, 3.63) is 35.4 Å². The molecule has 4 N–H and O–H groups in total. The molecule has 2 saturated heterocycles. The van der Waals surface area contributed by atoms with Crippen LogP contribution in [0, 0.1) is 28.6 Å². The number of carbonyl (C=O) groups is 6. The van der Waals surface area contributed by atoms with Gasteiger partial charge in [-0.1, -0.05) is 310 Å². The first kappa shape index (κ1) is 79.5. The van der Waals surface area contributed by atoms with Crippen molar-refractivity contribution in [3.63, 3.8) is 0 Å². The van der Waals surface area contributed by atoms with Gasteiger partial charge < -0.3 is 31.1 Å². The van der Waals surface area contributed by atoms with Gasteiger partial charge in [-0.15, -0.1) is 0 Å². The molecule has 12 heteroatoms. The molecular formula is C79H140N6O6. The van der Waals surface area contributed by atoms with Crippen molar-refractivity contribution in [2.45, 2.75) is 349 Å². The predicted octanol–water partition coefficient (Wildman–Crippen LogP) is 19.1. The highest BCUT2D eigenvalue weighted by molar-refractivity contribution is 6.00. The minimum Gasteiger partial charge on any atom is -0.356 e. The Bertz CT molecular complexity index is 2100. The van der Waals surface area contributed by atoms with Gasteiger partial charge in [-0.25, -0.2) is 0 Å². The summed E-state index contributed by atoms with van der Waals surface area (Å²) in [4.78, 5) is 88.9. The summed E-state index contributed by atoms with van der Waals surface area (Å²) in [5, 5.41) is 12.8. The normalized spacial score (nSPS) is 19.3. The molecule has 12 nitrogen and oxygen atoms in total. The van der Waals surface area contributed by atoms with Crippen molar-refractivity contribution in [2.75, 3.05) is 52.4 Å². The van der Waals surface area contributed by atoms with E-state index in [-0.39, 0.29) is 61.0 Å². The number of rotatable bonds is 58. The van der Waals surface area contributed by atoms with E-state index in [1.165, 1.54) is 244 Å². The summed E-state index contributed by atoms with van der Waals surface area (Å²) in [5.41, 5.74) is -0.928. The molecule has 2 heterocycles. The molecule has 4 rings (SSSR count). The van der Waals surface area contributed by atoms with Gasteiger partial charge in [0.2, 0.25) is 23.6 Å². The van der Waals surface area contributed by atoms with Crippen molar-refractivity contribution >= 4 is 35.4 Å². The minimum atomic E-state index is -1.12. The lowest BCUT2D eigenvalue weighted by Gasteiger charge is -2.28. The summed E-state index contributed by atoms with van der Waals surface area (Å²) in [5.74, 6) is -2.47. The van der Waals surface area contributed by atoms with Crippen LogP contribution in [0.3, 0.4) is 0 Å². The fraction of sp³-hybridized carbons (Fsp3) is 0.848. The lowest BCUT2D eigenvalue weighted by molar-refractivity contribution is -0.138. The van der Waals surface area contributed by atoms with E-state index in [4.69, 9.17) is 0 Å². The Morgan fingerprint density at radius 2 is 0.571 bits per heavy atom. The average molecular weight is 1270 g/mol. The van der Waals surface area contributed by atoms with Crippen LogP contribution in [0.5, 0.6) is 0 Å². The maximum absolute atomic E-state index is 14.5. The molecule has 91 heavy (non-hydrogen) atoms. The van der Waals surface area contributed by atoms with E-state index < -0.39 is 22.7 Å². The van der Waals surface area contributed by atoms with Crippen molar-refractivity contribution in [3.8, 4) is 0 Å². The number of carbonyl (C=O) groups excluding carboxylic acids is 6. The summed E-state index contributed by atoms with van der Waals surface area (Å²) in [6, 6.07) is 6.72. The standard InChI is InChI=1S/C79H140N6O6/c1-6-10-14-18-22-26-30-34-38-42-46-50-58-80-72(86)69-62-79(69)66-85(64-71(79)74(88)82-60-52-48-44-40-36-32-28-24-20-16-12-8-3)76(90)68-56-54-67(55-57-68)75(89)84-63-70(73(87)81-59-51-47-43-39-35-31-27-23-19-15-11-7-2)78(5,65-84)77(91)83-61-53-49-45-41-37-33-29-25-21-17-13-9-4/h54-57,69-71H,6-53,58-66H2,1-5H3,(H,80,86)(H,81,87)(H,82,88)(H,83,91)/t69?,70-,71-,78+,79-/m0/s1. The molecule has 2 aliphatic heterocycles. The number of unbranched alkanes of at least 4 members (excludes halogenated alkanes) is 44. The molecule has 3 fully saturated rings. The summed E-state index contributed by atoms with van der Waals surface area (Å²) in [6.45, 7) is 14.0. The van der Waals surface area contributed by atoms with Gasteiger partial charge in [0.25, 0.3) is 11.8 Å². The van der Waals surface area contributed by atoms with E-state index in [2.05, 4.69) is 49.0 Å². The van der Waals surface area contributed by atoms with Gasteiger partial charge in [-0.2, -0.15) is 0 Å². The second kappa shape index (κ2) is 49.6. The van der Waals surface area contributed by atoms with E-state index in [1.807, 2.05) is 6.92 Å². The van der Waals surface area contributed by atoms with Crippen molar-refractivity contribution in [2.24, 2.45) is 28.6 Å². The Morgan fingerprint density at radius 1 is 0.330 bits per heavy atom. The Balaban J connectivity index is 1.33. The maximum atomic E-state index is 14.5. The lowest BCUT2D eigenvalue weighted by Crippen LogP contribution is -2.49. The summed E-state index contributed by atoms with van der Waals surface area (Å²) in [6.07, 6.45) is 60.3. The first-order valence-corrected chi connectivity index (χ1v) is 39.3. The summed E-state index contributed by atoms with van der Waals surface area (Å²) in [7, 11) is 0. The largest absolute Gasteiger partial charge is 0.356 e. The molecule has 1 saturated carbocycles. The van der Waals surface area contributed by atoms with Crippen LogP contribution in [0.15, 0.2) is 24.3 Å². The highest BCUT2D eigenvalue weighted by Crippen LogP contribution is 2.61. The molecular weight excluding hydrogens is 1130 g/mol. The Hall–Kier alpha value is -3.96. The molecule has 1 aromatic rings. The Morgan fingerprint density at radius 3 is 0.879 bits per heavy atom. The number of likely N-dealkylation sites (tertiary alicyclic amines) is 2. The van der Waals surface area contributed by atoms with E-state index in [0.717, 1.165) is 64.2 Å². The quantitative estimate of drug-likeness (QED) is 0.0476. The molecule has 0 radical (unpaired) electrons. The molecule has 5 atom stereocenters. The Labute approximate surface area is 558 Å². The zero-order valence-corrected chi connectivity index (χ0v) is 59.7. The number of hydrogen-bond acceptors (Lipinski definition) is 6. The van der Waals surface area contributed by atoms with E-state index in [9.17, 15) is 28.8 Å². The number of nitrogens with one attached hydrogen (secondary N) is 4. The van der Waals surface area contributed by atoms with E-state index >= 15 is 0 Å². The highest BCUT2D eigenvalue weighted by Gasteiger charge is 2.68. The SMILES string of the molecule is CCCCCCCCCCCCCCNC(=O)C1C[C@]12CN(C(=O)c1ccc(C(=O)N3C[C@@H](C(=O)NCCCCCCCCCCCCCC)[C@](C)(C(=O)NCCCCCCCCCCCCCC)C3)cc1)C[C@H]2C(=O)NCCCCCCCCCCCCCC. The fourth-order valence-electron chi connectivity index (χ4n) is 14.8. The number of amides is 6. The molecule has 0 bridgehead atoms. The van der Waals surface area contributed by atoms with E-state index in [0.29, 0.717) is 50.3 Å². The van der Waals surface area contributed by atoms with Crippen LogP contribution in [0.4, 0.5) is 0 Å². The van der Waals surface area contributed by atoms with Crippen LogP contribution in [-0.4, -0.2) is 97.6 Å². The van der Waals surface area contributed by atoms with Crippen LogP contribution >= 0.6 is 0 Å². The van der Waals surface area contributed by atoms with Crippen LogP contribution < -0.4 is 21.3 Å². The second-order valence-electron chi connectivity index (χ2n) is 29.1. The van der Waals surface area contributed by atoms with Gasteiger partial charge in [0, 0.05) is 74.8 Å². The van der Waals surface area contributed by atoms with Gasteiger partial charge in [0.05, 0.1) is 17.3 Å². The number of hydrogen-bond donors (Lipinski definition) is 4. The molecule has 1 aliphatic carbocycles. The average Bonchev–Trinajstić information content (AvgIpc) is 1.55. The summed E-state index contributed by atoms with van der Waals surface area (Å²) < 4.78 is 0. The van der Waals surface area contributed by atoms with Crippen LogP contribution in [-0.2, 0) is 19.2 Å².